The maximum absolute atomic E-state index is 12.0. The van der Waals surface area contributed by atoms with Gasteiger partial charge in [0, 0.05) is 44.7 Å². The minimum Gasteiger partial charge on any atom is -0.354 e. The summed E-state index contributed by atoms with van der Waals surface area (Å²) < 4.78 is 0. The quantitative estimate of drug-likeness (QED) is 0.753. The minimum absolute atomic E-state index is 0.0469. The molecule has 0 saturated carbocycles. The number of rotatable bonds is 8. The zero-order valence-corrected chi connectivity index (χ0v) is 15.7. The number of benzene rings is 2. The SMILES string of the molecule is CC(=O)Nc1cccc(N(CCNC(=O)CCc2ccccc2)C(C)=O)c1. The van der Waals surface area contributed by atoms with Gasteiger partial charge in [0.05, 0.1) is 0 Å². The molecule has 2 rings (SSSR count). The van der Waals surface area contributed by atoms with Crippen molar-refractivity contribution in [2.45, 2.75) is 26.7 Å². The van der Waals surface area contributed by atoms with Crippen LogP contribution in [0.15, 0.2) is 54.6 Å². The van der Waals surface area contributed by atoms with E-state index < -0.39 is 0 Å². The Morgan fingerprint density at radius 3 is 2.37 bits per heavy atom. The van der Waals surface area contributed by atoms with E-state index in [1.807, 2.05) is 30.3 Å². The summed E-state index contributed by atoms with van der Waals surface area (Å²) in [7, 11) is 0. The summed E-state index contributed by atoms with van der Waals surface area (Å²) in [5, 5.41) is 5.55. The van der Waals surface area contributed by atoms with Crippen molar-refractivity contribution in [1.29, 1.82) is 0 Å². The van der Waals surface area contributed by atoms with Crippen LogP contribution in [-0.4, -0.2) is 30.8 Å². The van der Waals surface area contributed by atoms with Gasteiger partial charge >= 0.3 is 0 Å². The molecule has 0 spiro atoms. The lowest BCUT2D eigenvalue weighted by atomic mass is 10.1. The molecular formula is C21H25N3O3. The fourth-order valence-corrected chi connectivity index (χ4v) is 2.72. The first-order chi connectivity index (χ1) is 13.0. The van der Waals surface area contributed by atoms with Crippen LogP contribution in [0.4, 0.5) is 11.4 Å². The average molecular weight is 367 g/mol. The Labute approximate surface area is 159 Å². The molecule has 0 aliphatic rings. The van der Waals surface area contributed by atoms with E-state index in [2.05, 4.69) is 10.6 Å². The number of anilines is 2. The van der Waals surface area contributed by atoms with E-state index in [1.165, 1.54) is 13.8 Å². The number of hydrogen-bond donors (Lipinski definition) is 2. The first-order valence-corrected chi connectivity index (χ1v) is 8.92. The Morgan fingerprint density at radius 2 is 1.70 bits per heavy atom. The molecule has 0 atom stereocenters. The normalized spacial score (nSPS) is 10.1. The molecule has 2 aromatic rings. The molecule has 6 nitrogen and oxygen atoms in total. The van der Waals surface area contributed by atoms with Crippen LogP contribution in [0.1, 0.15) is 25.8 Å². The molecule has 0 unspecified atom stereocenters. The molecule has 0 aliphatic heterocycles. The zero-order chi connectivity index (χ0) is 19.6. The van der Waals surface area contributed by atoms with Gasteiger partial charge in [0.2, 0.25) is 17.7 Å². The number of amides is 3. The van der Waals surface area contributed by atoms with Crippen molar-refractivity contribution in [2.24, 2.45) is 0 Å². The van der Waals surface area contributed by atoms with Gasteiger partial charge in [0.1, 0.15) is 0 Å². The first-order valence-electron chi connectivity index (χ1n) is 8.92. The average Bonchev–Trinajstić information content (AvgIpc) is 2.64. The van der Waals surface area contributed by atoms with Gasteiger partial charge in [-0.1, -0.05) is 36.4 Å². The third-order valence-electron chi connectivity index (χ3n) is 4.00. The van der Waals surface area contributed by atoms with E-state index in [-0.39, 0.29) is 17.7 Å². The largest absolute Gasteiger partial charge is 0.354 e. The number of carbonyl (C=O) groups is 3. The second-order valence-corrected chi connectivity index (χ2v) is 6.24. The summed E-state index contributed by atoms with van der Waals surface area (Å²) >= 11 is 0. The van der Waals surface area contributed by atoms with Gasteiger partial charge in [-0.3, -0.25) is 14.4 Å². The molecule has 0 bridgehead atoms. The summed E-state index contributed by atoms with van der Waals surface area (Å²) in [6, 6.07) is 16.9. The summed E-state index contributed by atoms with van der Waals surface area (Å²) in [4.78, 5) is 36.8. The van der Waals surface area contributed by atoms with E-state index >= 15 is 0 Å². The van der Waals surface area contributed by atoms with Crippen LogP contribution in [0.2, 0.25) is 0 Å². The summed E-state index contributed by atoms with van der Waals surface area (Å²) in [5.74, 6) is -0.352. The second kappa shape index (κ2) is 10.1. The van der Waals surface area contributed by atoms with E-state index in [1.54, 1.807) is 29.2 Å². The molecule has 3 amide bonds. The van der Waals surface area contributed by atoms with Crippen molar-refractivity contribution in [2.75, 3.05) is 23.3 Å². The van der Waals surface area contributed by atoms with Gasteiger partial charge in [-0.05, 0) is 30.2 Å². The maximum atomic E-state index is 12.0. The Hall–Kier alpha value is -3.15. The van der Waals surface area contributed by atoms with Crippen molar-refractivity contribution in [3.63, 3.8) is 0 Å². The summed E-state index contributed by atoms with van der Waals surface area (Å²) in [6.45, 7) is 3.62. The van der Waals surface area contributed by atoms with Gasteiger partial charge in [-0.25, -0.2) is 0 Å². The molecule has 0 saturated heterocycles. The highest BCUT2D eigenvalue weighted by Gasteiger charge is 2.12. The molecular weight excluding hydrogens is 342 g/mol. The third-order valence-corrected chi connectivity index (χ3v) is 4.00. The van der Waals surface area contributed by atoms with Crippen molar-refractivity contribution in [3.05, 3.63) is 60.2 Å². The van der Waals surface area contributed by atoms with Crippen molar-refractivity contribution >= 4 is 29.1 Å². The Bertz CT molecular complexity index is 790. The summed E-state index contributed by atoms with van der Waals surface area (Å²) in [6.07, 6.45) is 1.09. The highest BCUT2D eigenvalue weighted by atomic mass is 16.2. The zero-order valence-electron chi connectivity index (χ0n) is 15.7. The predicted molar refractivity (Wildman–Crippen MR) is 107 cm³/mol. The molecule has 2 N–H and O–H groups in total. The number of aryl methyl sites for hydroxylation is 1. The van der Waals surface area contributed by atoms with Crippen molar-refractivity contribution in [1.82, 2.24) is 5.32 Å². The standard InChI is InChI=1S/C21H25N3O3/c1-16(25)23-19-9-6-10-20(15-19)24(17(2)26)14-13-22-21(27)12-11-18-7-4-3-5-8-18/h3-10,15H,11-14H2,1-2H3,(H,22,27)(H,23,25). The smallest absolute Gasteiger partial charge is 0.223 e. The third kappa shape index (κ3) is 6.93. The minimum atomic E-state index is -0.174. The Morgan fingerprint density at radius 1 is 0.963 bits per heavy atom. The number of carbonyl (C=O) groups excluding carboxylic acids is 3. The molecule has 27 heavy (non-hydrogen) atoms. The molecule has 0 heterocycles. The molecule has 142 valence electrons. The van der Waals surface area contributed by atoms with Gasteiger partial charge in [0.15, 0.2) is 0 Å². The van der Waals surface area contributed by atoms with Gasteiger partial charge in [-0.15, -0.1) is 0 Å². The fourth-order valence-electron chi connectivity index (χ4n) is 2.72. The lowest BCUT2D eigenvalue weighted by Gasteiger charge is -2.22. The molecule has 0 aliphatic carbocycles. The van der Waals surface area contributed by atoms with Gasteiger partial charge in [-0.2, -0.15) is 0 Å². The van der Waals surface area contributed by atoms with Crippen molar-refractivity contribution < 1.29 is 14.4 Å². The number of hydrogen-bond acceptors (Lipinski definition) is 3. The van der Waals surface area contributed by atoms with Crippen molar-refractivity contribution in [3.8, 4) is 0 Å². The Kier molecular flexibility index (Phi) is 7.55. The molecule has 0 radical (unpaired) electrons. The molecule has 2 aromatic carbocycles. The second-order valence-electron chi connectivity index (χ2n) is 6.24. The van der Waals surface area contributed by atoms with Gasteiger partial charge < -0.3 is 15.5 Å². The topological polar surface area (TPSA) is 78.5 Å². The summed E-state index contributed by atoms with van der Waals surface area (Å²) in [5.41, 5.74) is 2.42. The van der Waals surface area contributed by atoms with E-state index in [0.29, 0.717) is 37.3 Å². The monoisotopic (exact) mass is 367 g/mol. The van der Waals surface area contributed by atoms with E-state index in [4.69, 9.17) is 0 Å². The van der Waals surface area contributed by atoms with Crippen LogP contribution in [0.5, 0.6) is 0 Å². The molecule has 0 aromatic heterocycles. The highest BCUT2D eigenvalue weighted by Crippen LogP contribution is 2.19. The lowest BCUT2D eigenvalue weighted by molar-refractivity contribution is -0.121. The number of nitrogens with zero attached hydrogens (tertiary/aromatic N) is 1. The van der Waals surface area contributed by atoms with Crippen LogP contribution in [0.3, 0.4) is 0 Å². The number of nitrogens with one attached hydrogen (secondary N) is 2. The van der Waals surface area contributed by atoms with E-state index in [0.717, 1.165) is 5.56 Å². The molecule has 0 fully saturated rings. The van der Waals surface area contributed by atoms with Crippen LogP contribution in [0.25, 0.3) is 0 Å². The first kappa shape index (κ1) is 20.2. The predicted octanol–water partition coefficient (Wildman–Crippen LogP) is 2.75. The van der Waals surface area contributed by atoms with Crippen LogP contribution >= 0.6 is 0 Å². The fraction of sp³-hybridized carbons (Fsp3) is 0.286. The van der Waals surface area contributed by atoms with Crippen LogP contribution < -0.4 is 15.5 Å². The lowest BCUT2D eigenvalue weighted by Crippen LogP contribution is -2.37. The van der Waals surface area contributed by atoms with Gasteiger partial charge in [0.25, 0.3) is 0 Å². The molecule has 6 heteroatoms. The highest BCUT2D eigenvalue weighted by molar-refractivity contribution is 5.94. The Balaban J connectivity index is 1.86. The van der Waals surface area contributed by atoms with Crippen LogP contribution in [0, 0.1) is 0 Å². The maximum Gasteiger partial charge on any atom is 0.223 e. The van der Waals surface area contributed by atoms with E-state index in [9.17, 15) is 14.4 Å². The van der Waals surface area contributed by atoms with Crippen LogP contribution in [-0.2, 0) is 20.8 Å².